The Morgan fingerprint density at radius 1 is 1.05 bits per heavy atom. The fourth-order valence-corrected chi connectivity index (χ4v) is 4.26. The summed E-state index contributed by atoms with van der Waals surface area (Å²) >= 11 is 5.56. The minimum atomic E-state index is -4.51. The van der Waals surface area contributed by atoms with Crippen LogP contribution in [0.5, 0.6) is 0 Å². The molecule has 0 aliphatic carbocycles. The van der Waals surface area contributed by atoms with Crippen LogP contribution in [0.4, 0.5) is 23.2 Å². The first kappa shape index (κ1) is 26.8. The van der Waals surface area contributed by atoms with E-state index in [-0.39, 0.29) is 23.8 Å². The molecule has 1 heterocycles. The Kier molecular flexibility index (Phi) is 8.38. The number of nitrogens with one attached hydrogen (secondary N) is 1. The molecule has 0 saturated heterocycles. The van der Waals surface area contributed by atoms with Crippen LogP contribution in [0.3, 0.4) is 0 Å². The van der Waals surface area contributed by atoms with Crippen LogP contribution in [0, 0.1) is 17.1 Å². The van der Waals surface area contributed by atoms with Crippen LogP contribution in [0.2, 0.25) is 0 Å². The van der Waals surface area contributed by atoms with Gasteiger partial charge in [0, 0.05) is 43.6 Å². The van der Waals surface area contributed by atoms with Crippen molar-refractivity contribution in [2.75, 3.05) is 11.9 Å². The summed E-state index contributed by atoms with van der Waals surface area (Å²) in [6.07, 6.45) is -0.691. The number of alkyl halides is 3. The molecular weight excluding hydrogens is 514 g/mol. The molecular formula is C28H23F4N5S. The summed E-state index contributed by atoms with van der Waals surface area (Å²) in [6.45, 7) is 0.705. The Morgan fingerprint density at radius 3 is 2.53 bits per heavy atom. The zero-order chi connectivity index (χ0) is 27.1. The Bertz CT molecular complexity index is 1440. The second-order valence-electron chi connectivity index (χ2n) is 8.59. The van der Waals surface area contributed by atoms with E-state index in [4.69, 9.17) is 17.5 Å². The summed E-state index contributed by atoms with van der Waals surface area (Å²) in [4.78, 5) is 5.86. The highest BCUT2D eigenvalue weighted by Gasteiger charge is 2.33. The van der Waals surface area contributed by atoms with Crippen molar-refractivity contribution in [3.8, 4) is 6.07 Å². The van der Waals surface area contributed by atoms with Crippen molar-refractivity contribution in [3.63, 3.8) is 0 Å². The number of benzene rings is 3. The van der Waals surface area contributed by atoms with Crippen molar-refractivity contribution in [1.29, 1.82) is 5.26 Å². The van der Waals surface area contributed by atoms with Crippen LogP contribution in [0.25, 0.3) is 0 Å². The summed E-state index contributed by atoms with van der Waals surface area (Å²) in [5.74, 6) is -0.460. The molecule has 0 aliphatic heterocycles. The predicted molar refractivity (Wildman–Crippen MR) is 141 cm³/mol. The van der Waals surface area contributed by atoms with Crippen molar-refractivity contribution in [2.24, 2.45) is 0 Å². The number of imidazole rings is 1. The summed E-state index contributed by atoms with van der Waals surface area (Å²) in [7, 11) is 0. The Balaban J connectivity index is 1.54. The van der Waals surface area contributed by atoms with Gasteiger partial charge in [0.15, 0.2) is 5.11 Å². The molecule has 5 nitrogen and oxygen atoms in total. The van der Waals surface area contributed by atoms with Gasteiger partial charge in [0.25, 0.3) is 0 Å². The molecule has 0 bridgehead atoms. The normalized spacial score (nSPS) is 11.1. The first-order valence-corrected chi connectivity index (χ1v) is 12.1. The second kappa shape index (κ2) is 11.9. The molecule has 0 aliphatic rings. The van der Waals surface area contributed by atoms with Gasteiger partial charge >= 0.3 is 6.18 Å². The fourth-order valence-electron chi connectivity index (χ4n) is 3.99. The lowest BCUT2D eigenvalue weighted by Gasteiger charge is -2.27. The number of rotatable bonds is 8. The number of hydrogen-bond donors (Lipinski definition) is 1. The molecule has 0 unspecified atom stereocenters. The van der Waals surface area contributed by atoms with Crippen molar-refractivity contribution < 1.29 is 17.6 Å². The van der Waals surface area contributed by atoms with Crippen molar-refractivity contribution in [3.05, 3.63) is 119 Å². The van der Waals surface area contributed by atoms with Crippen LogP contribution >= 0.6 is 12.2 Å². The number of thiocarbonyl (C=S) groups is 1. The second-order valence-corrected chi connectivity index (χ2v) is 8.98. The van der Waals surface area contributed by atoms with Gasteiger partial charge in [-0.3, -0.25) is 0 Å². The third-order valence-electron chi connectivity index (χ3n) is 5.92. The van der Waals surface area contributed by atoms with Crippen molar-refractivity contribution >= 4 is 23.0 Å². The Hall–Kier alpha value is -4.23. The maximum atomic E-state index is 13.7. The molecule has 10 heteroatoms. The highest BCUT2D eigenvalue weighted by atomic mass is 32.1. The number of aromatic nitrogens is 2. The van der Waals surface area contributed by atoms with E-state index in [1.807, 2.05) is 16.7 Å². The van der Waals surface area contributed by atoms with Gasteiger partial charge in [0.05, 0.1) is 23.5 Å². The molecule has 3 aromatic carbocycles. The lowest BCUT2D eigenvalue weighted by Crippen LogP contribution is -2.36. The van der Waals surface area contributed by atoms with Gasteiger partial charge in [-0.1, -0.05) is 36.4 Å². The van der Waals surface area contributed by atoms with E-state index >= 15 is 0 Å². The highest BCUT2D eigenvalue weighted by molar-refractivity contribution is 7.80. The monoisotopic (exact) mass is 537 g/mol. The first-order chi connectivity index (χ1) is 18.2. The molecule has 0 spiro atoms. The SMILES string of the molecule is N#Cc1ccc(Cn2cncc2CCN(Cc2ccccc2C(F)(F)F)C(=S)Nc2cccc(F)c2)cc1. The van der Waals surface area contributed by atoms with Crippen LogP contribution < -0.4 is 5.32 Å². The smallest absolute Gasteiger partial charge is 0.344 e. The van der Waals surface area contributed by atoms with Crippen molar-refractivity contribution in [1.82, 2.24) is 14.5 Å². The molecule has 0 atom stereocenters. The molecule has 0 fully saturated rings. The van der Waals surface area contributed by atoms with E-state index in [9.17, 15) is 17.6 Å². The van der Waals surface area contributed by atoms with Gasteiger partial charge in [-0.25, -0.2) is 9.37 Å². The van der Waals surface area contributed by atoms with Crippen LogP contribution in [0.15, 0.2) is 85.3 Å². The molecule has 1 N–H and O–H groups in total. The molecule has 1 aromatic heterocycles. The maximum Gasteiger partial charge on any atom is 0.416 e. The Morgan fingerprint density at radius 2 is 1.82 bits per heavy atom. The zero-order valence-electron chi connectivity index (χ0n) is 20.1. The number of anilines is 1. The fraction of sp³-hybridized carbons (Fsp3) is 0.179. The largest absolute Gasteiger partial charge is 0.416 e. The lowest BCUT2D eigenvalue weighted by molar-refractivity contribution is -0.138. The minimum absolute atomic E-state index is 0.0782. The predicted octanol–water partition coefficient (Wildman–Crippen LogP) is 6.40. The van der Waals surface area contributed by atoms with E-state index in [1.165, 1.54) is 30.3 Å². The molecule has 0 radical (unpaired) electrons. The maximum absolute atomic E-state index is 13.7. The molecule has 38 heavy (non-hydrogen) atoms. The minimum Gasteiger partial charge on any atom is -0.344 e. The molecule has 194 valence electrons. The summed E-state index contributed by atoms with van der Waals surface area (Å²) < 4.78 is 56.6. The van der Waals surface area contributed by atoms with E-state index in [0.29, 0.717) is 24.2 Å². The van der Waals surface area contributed by atoms with E-state index in [2.05, 4.69) is 16.4 Å². The number of hydrogen-bond acceptors (Lipinski definition) is 3. The average Bonchev–Trinajstić information content (AvgIpc) is 3.33. The number of nitriles is 1. The van der Waals surface area contributed by atoms with Gasteiger partial charge in [-0.05, 0) is 59.7 Å². The zero-order valence-corrected chi connectivity index (χ0v) is 20.9. The van der Waals surface area contributed by atoms with Crippen LogP contribution in [-0.4, -0.2) is 26.1 Å². The number of nitrogens with zero attached hydrogens (tertiary/aromatic N) is 4. The topological polar surface area (TPSA) is 56.9 Å². The van der Waals surface area contributed by atoms with Gasteiger partial charge in [0.1, 0.15) is 5.82 Å². The molecule has 0 saturated carbocycles. The van der Waals surface area contributed by atoms with E-state index in [0.717, 1.165) is 17.3 Å². The van der Waals surface area contributed by atoms with Crippen LogP contribution in [-0.2, 0) is 25.7 Å². The quantitative estimate of drug-likeness (QED) is 0.208. The third kappa shape index (κ3) is 6.95. The average molecular weight is 538 g/mol. The van der Waals surface area contributed by atoms with Crippen molar-refractivity contribution in [2.45, 2.75) is 25.7 Å². The molecule has 0 amide bonds. The standard InChI is InChI=1S/C28H23F4N5S/c29-23-5-3-6-24(14-23)35-27(38)36(18-22-4-1-2-7-26(22)28(30,31)32)13-12-25-16-34-19-37(25)17-21-10-8-20(15-33)9-11-21/h1-11,14,16,19H,12-13,17-18H2,(H,35,38). The highest BCUT2D eigenvalue weighted by Crippen LogP contribution is 2.32. The van der Waals surface area contributed by atoms with Gasteiger partial charge in [-0.15, -0.1) is 0 Å². The van der Waals surface area contributed by atoms with Gasteiger partial charge in [-0.2, -0.15) is 18.4 Å². The molecule has 4 rings (SSSR count). The number of halogens is 4. The van der Waals surface area contributed by atoms with E-state index < -0.39 is 17.6 Å². The van der Waals surface area contributed by atoms with E-state index in [1.54, 1.807) is 41.7 Å². The Labute approximate surface area is 223 Å². The van der Waals surface area contributed by atoms with Gasteiger partial charge in [0.2, 0.25) is 0 Å². The first-order valence-electron chi connectivity index (χ1n) is 11.7. The van der Waals surface area contributed by atoms with Crippen LogP contribution in [0.1, 0.15) is 27.9 Å². The summed E-state index contributed by atoms with van der Waals surface area (Å²) in [5.41, 5.74) is 2.14. The summed E-state index contributed by atoms with van der Waals surface area (Å²) in [5, 5.41) is 12.1. The lowest BCUT2D eigenvalue weighted by atomic mass is 10.1. The van der Waals surface area contributed by atoms with Gasteiger partial charge < -0.3 is 14.8 Å². The summed E-state index contributed by atoms with van der Waals surface area (Å²) in [6, 6.07) is 20.4. The third-order valence-corrected chi connectivity index (χ3v) is 6.28. The molecule has 4 aromatic rings.